The van der Waals surface area contributed by atoms with E-state index in [-0.39, 0.29) is 16.6 Å². The number of hydrogen-bond acceptors (Lipinski definition) is 3. The highest BCUT2D eigenvalue weighted by molar-refractivity contribution is 5.96. The van der Waals surface area contributed by atoms with Crippen LogP contribution in [0.1, 0.15) is 21.6 Å². The van der Waals surface area contributed by atoms with E-state index in [2.05, 4.69) is 0 Å². The molecule has 0 fully saturated rings. The normalized spacial score (nSPS) is 11.0. The summed E-state index contributed by atoms with van der Waals surface area (Å²) in [6, 6.07) is 13.2. The van der Waals surface area contributed by atoms with Gasteiger partial charge in [-0.15, -0.1) is 0 Å². The van der Waals surface area contributed by atoms with Gasteiger partial charge in [0.25, 0.3) is 11.5 Å². The van der Waals surface area contributed by atoms with Crippen molar-refractivity contribution in [2.45, 2.75) is 19.9 Å². The molecule has 0 aliphatic carbocycles. The number of aromatic nitrogens is 2. The van der Waals surface area contributed by atoms with Gasteiger partial charge in [0.2, 0.25) is 0 Å². The lowest BCUT2D eigenvalue weighted by Crippen LogP contribution is -2.32. The number of benzene rings is 1. The van der Waals surface area contributed by atoms with Crippen molar-refractivity contribution >= 4 is 16.8 Å². The first-order chi connectivity index (χ1) is 11.9. The Labute approximate surface area is 144 Å². The van der Waals surface area contributed by atoms with Crippen molar-refractivity contribution < 1.29 is 4.79 Å². The summed E-state index contributed by atoms with van der Waals surface area (Å²) in [6.45, 7) is 2.32. The summed E-state index contributed by atoms with van der Waals surface area (Å²) < 4.78 is 3.22. The van der Waals surface area contributed by atoms with Gasteiger partial charge in [0, 0.05) is 19.3 Å². The summed E-state index contributed by atoms with van der Waals surface area (Å²) in [5.41, 5.74) is 7.86. The standard InChI is InChI=1S/C19H20N4O2/c1-12-10-16-14(19(25)22(12)2)11-15(18(21)24)17(20)23(16)9-8-13-6-4-3-5-7-13/h3-7,10-11,20H,8-9H2,1-2H3,(H2,21,24). The number of nitrogens with two attached hydrogens (primary N) is 1. The van der Waals surface area contributed by atoms with Crippen molar-refractivity contribution in [3.8, 4) is 0 Å². The molecule has 0 radical (unpaired) electrons. The van der Waals surface area contributed by atoms with Gasteiger partial charge in [-0.2, -0.15) is 0 Å². The fraction of sp³-hybridized carbons (Fsp3) is 0.211. The second-order valence-corrected chi connectivity index (χ2v) is 6.11. The largest absolute Gasteiger partial charge is 0.365 e. The smallest absolute Gasteiger partial charge is 0.259 e. The van der Waals surface area contributed by atoms with Crippen LogP contribution in [0, 0.1) is 12.3 Å². The molecule has 6 heteroatoms. The van der Waals surface area contributed by atoms with E-state index in [1.807, 2.05) is 43.3 Å². The molecule has 0 spiro atoms. The number of nitrogens with one attached hydrogen (secondary N) is 1. The zero-order valence-corrected chi connectivity index (χ0v) is 14.2. The van der Waals surface area contributed by atoms with Crippen molar-refractivity contribution in [3.63, 3.8) is 0 Å². The van der Waals surface area contributed by atoms with E-state index in [9.17, 15) is 9.59 Å². The van der Waals surface area contributed by atoms with Crippen molar-refractivity contribution in [2.75, 3.05) is 0 Å². The Morgan fingerprint density at radius 3 is 2.52 bits per heavy atom. The van der Waals surface area contributed by atoms with E-state index in [4.69, 9.17) is 11.1 Å². The average molecular weight is 336 g/mol. The first-order valence-electron chi connectivity index (χ1n) is 8.02. The fourth-order valence-corrected chi connectivity index (χ4v) is 2.97. The minimum Gasteiger partial charge on any atom is -0.365 e. The number of carbonyl (C=O) groups is 1. The number of fused-ring (bicyclic) bond motifs is 1. The second kappa shape index (κ2) is 6.39. The van der Waals surface area contributed by atoms with Crippen LogP contribution in [0.5, 0.6) is 0 Å². The molecule has 6 nitrogen and oxygen atoms in total. The molecule has 0 saturated heterocycles. The van der Waals surface area contributed by atoms with Gasteiger partial charge in [-0.05, 0) is 31.0 Å². The third-order valence-electron chi connectivity index (χ3n) is 4.52. The van der Waals surface area contributed by atoms with Gasteiger partial charge in [0.1, 0.15) is 5.49 Å². The predicted molar refractivity (Wildman–Crippen MR) is 96.4 cm³/mol. The molecule has 1 amide bonds. The van der Waals surface area contributed by atoms with E-state index >= 15 is 0 Å². The molecule has 3 rings (SSSR count). The van der Waals surface area contributed by atoms with Gasteiger partial charge >= 0.3 is 0 Å². The predicted octanol–water partition coefficient (Wildman–Crippen LogP) is 1.47. The van der Waals surface area contributed by atoms with Gasteiger partial charge in [-0.1, -0.05) is 30.3 Å². The molecular formula is C19H20N4O2. The molecule has 2 aromatic heterocycles. The number of carbonyl (C=O) groups excluding carboxylic acids is 1. The van der Waals surface area contributed by atoms with Crippen molar-refractivity contribution in [1.82, 2.24) is 9.13 Å². The van der Waals surface area contributed by atoms with E-state index < -0.39 is 5.91 Å². The Morgan fingerprint density at radius 2 is 1.88 bits per heavy atom. The van der Waals surface area contributed by atoms with Gasteiger partial charge in [0.15, 0.2) is 0 Å². The molecule has 2 heterocycles. The first kappa shape index (κ1) is 16.7. The minimum atomic E-state index is -0.706. The van der Waals surface area contributed by atoms with Crippen molar-refractivity contribution in [3.05, 3.63) is 75.1 Å². The topological polar surface area (TPSA) is 93.9 Å². The number of pyridine rings is 2. The Balaban J connectivity index is 2.24. The highest BCUT2D eigenvalue weighted by Gasteiger charge is 2.14. The molecule has 128 valence electrons. The van der Waals surface area contributed by atoms with E-state index in [0.29, 0.717) is 23.9 Å². The Hall–Kier alpha value is -3.15. The Morgan fingerprint density at radius 1 is 1.20 bits per heavy atom. The number of amides is 1. The molecule has 0 unspecified atom stereocenters. The molecule has 0 aliphatic heterocycles. The maximum absolute atomic E-state index is 12.6. The van der Waals surface area contributed by atoms with E-state index in [0.717, 1.165) is 11.3 Å². The summed E-state index contributed by atoms with van der Waals surface area (Å²) in [5.74, 6) is -0.706. The third-order valence-corrected chi connectivity index (χ3v) is 4.52. The van der Waals surface area contributed by atoms with Crippen LogP contribution < -0.4 is 16.8 Å². The first-order valence-corrected chi connectivity index (χ1v) is 8.02. The summed E-state index contributed by atoms with van der Waals surface area (Å²) in [4.78, 5) is 24.3. The molecule has 1 aromatic carbocycles. The van der Waals surface area contributed by atoms with Crippen LogP contribution in [-0.2, 0) is 20.0 Å². The monoisotopic (exact) mass is 336 g/mol. The van der Waals surface area contributed by atoms with Crippen LogP contribution in [-0.4, -0.2) is 15.0 Å². The molecule has 3 N–H and O–H groups in total. The molecule has 0 bridgehead atoms. The Bertz CT molecular complexity index is 1080. The summed E-state index contributed by atoms with van der Waals surface area (Å²) >= 11 is 0. The lowest BCUT2D eigenvalue weighted by atomic mass is 10.1. The van der Waals surface area contributed by atoms with Crippen molar-refractivity contribution in [2.24, 2.45) is 12.8 Å². The number of hydrogen-bond donors (Lipinski definition) is 2. The van der Waals surface area contributed by atoms with E-state index in [1.165, 1.54) is 10.6 Å². The summed E-state index contributed by atoms with van der Waals surface area (Å²) in [5, 5.41) is 8.77. The van der Waals surface area contributed by atoms with Gasteiger partial charge < -0.3 is 14.9 Å². The second-order valence-electron chi connectivity index (χ2n) is 6.11. The molecule has 3 aromatic rings. The lowest BCUT2D eigenvalue weighted by molar-refractivity contribution is 0.0998. The summed E-state index contributed by atoms with van der Waals surface area (Å²) in [7, 11) is 1.68. The van der Waals surface area contributed by atoms with Crippen LogP contribution in [0.4, 0.5) is 0 Å². The Kier molecular flexibility index (Phi) is 4.27. The number of primary amides is 1. The third kappa shape index (κ3) is 2.98. The quantitative estimate of drug-likeness (QED) is 0.755. The maximum Gasteiger partial charge on any atom is 0.259 e. The van der Waals surface area contributed by atoms with Gasteiger partial charge in [-0.3, -0.25) is 15.0 Å². The minimum absolute atomic E-state index is 0.0311. The molecule has 0 atom stereocenters. The number of rotatable bonds is 4. The van der Waals surface area contributed by atoms with Crippen LogP contribution in [0.25, 0.3) is 10.9 Å². The maximum atomic E-state index is 12.6. The fourth-order valence-electron chi connectivity index (χ4n) is 2.97. The number of aryl methyl sites for hydroxylation is 3. The van der Waals surface area contributed by atoms with Crippen LogP contribution in [0.15, 0.2) is 47.3 Å². The van der Waals surface area contributed by atoms with Gasteiger partial charge in [-0.25, -0.2) is 0 Å². The molecule has 0 aliphatic rings. The highest BCUT2D eigenvalue weighted by Crippen LogP contribution is 2.13. The molecular weight excluding hydrogens is 316 g/mol. The SMILES string of the molecule is Cc1cc2c(cc(C(N)=O)c(=N)n2CCc2ccccc2)c(=O)n1C. The van der Waals surface area contributed by atoms with Crippen molar-refractivity contribution in [1.29, 1.82) is 5.41 Å². The van der Waals surface area contributed by atoms with Gasteiger partial charge in [0.05, 0.1) is 16.5 Å². The average Bonchev–Trinajstić information content (AvgIpc) is 2.59. The zero-order chi connectivity index (χ0) is 18.1. The lowest BCUT2D eigenvalue weighted by Gasteiger charge is -2.15. The van der Waals surface area contributed by atoms with E-state index in [1.54, 1.807) is 11.6 Å². The molecule has 25 heavy (non-hydrogen) atoms. The zero-order valence-electron chi connectivity index (χ0n) is 14.2. The molecule has 0 saturated carbocycles. The van der Waals surface area contributed by atoms with Crippen LogP contribution in [0.3, 0.4) is 0 Å². The van der Waals surface area contributed by atoms with Crippen LogP contribution in [0.2, 0.25) is 0 Å². The van der Waals surface area contributed by atoms with Crippen LogP contribution >= 0.6 is 0 Å². The number of nitrogens with zero attached hydrogens (tertiary/aromatic N) is 2. The highest BCUT2D eigenvalue weighted by atomic mass is 16.1. The summed E-state index contributed by atoms with van der Waals surface area (Å²) in [6.07, 6.45) is 0.683.